The summed E-state index contributed by atoms with van der Waals surface area (Å²) in [5.74, 6) is 0.397. The van der Waals surface area contributed by atoms with Gasteiger partial charge < -0.3 is 10.6 Å². The van der Waals surface area contributed by atoms with E-state index in [1.54, 1.807) is 43.4 Å². The van der Waals surface area contributed by atoms with Crippen LogP contribution in [0.3, 0.4) is 0 Å². The number of benzene rings is 1. The first kappa shape index (κ1) is 13.6. The van der Waals surface area contributed by atoms with Gasteiger partial charge in [-0.3, -0.25) is 4.79 Å². The third-order valence-electron chi connectivity index (χ3n) is 2.75. The minimum absolute atomic E-state index is 0.246. The van der Waals surface area contributed by atoms with Gasteiger partial charge in [-0.25, -0.2) is 4.98 Å². The highest BCUT2D eigenvalue weighted by Gasteiger charge is 2.07. The zero-order valence-corrected chi connectivity index (χ0v) is 11.1. The fraction of sp³-hybridized carbons (Fsp3) is 0.133. The van der Waals surface area contributed by atoms with E-state index in [0.717, 1.165) is 5.56 Å². The van der Waals surface area contributed by atoms with Crippen LogP contribution in [0.25, 0.3) is 0 Å². The maximum atomic E-state index is 12.0. The molecule has 1 aromatic carbocycles. The first-order chi connectivity index (χ1) is 9.72. The minimum Gasteiger partial charge on any atom is -0.373 e. The zero-order valence-electron chi connectivity index (χ0n) is 11.1. The molecule has 2 rings (SSSR count). The molecule has 0 atom stereocenters. The third-order valence-corrected chi connectivity index (χ3v) is 2.75. The summed E-state index contributed by atoms with van der Waals surface area (Å²) in [6.07, 6.45) is 0. The van der Waals surface area contributed by atoms with Crippen LogP contribution < -0.4 is 10.6 Å². The Morgan fingerprint density at radius 3 is 2.85 bits per heavy atom. The van der Waals surface area contributed by atoms with E-state index in [4.69, 9.17) is 5.26 Å². The van der Waals surface area contributed by atoms with Crippen molar-refractivity contribution in [3.8, 4) is 6.07 Å². The van der Waals surface area contributed by atoms with Crippen LogP contribution >= 0.6 is 0 Å². The SMILES string of the molecule is CNc1cccc(C(=O)NCc2cccc(C#N)c2)n1. The Labute approximate surface area is 117 Å². The molecule has 0 fully saturated rings. The number of nitriles is 1. The normalized spacial score (nSPS) is 9.60. The molecule has 5 nitrogen and oxygen atoms in total. The molecule has 1 aromatic heterocycles. The van der Waals surface area contributed by atoms with E-state index in [-0.39, 0.29) is 5.91 Å². The zero-order chi connectivity index (χ0) is 14.4. The quantitative estimate of drug-likeness (QED) is 0.886. The fourth-order valence-electron chi connectivity index (χ4n) is 1.72. The largest absolute Gasteiger partial charge is 0.373 e. The minimum atomic E-state index is -0.246. The van der Waals surface area contributed by atoms with Crippen molar-refractivity contribution in [3.63, 3.8) is 0 Å². The second kappa shape index (κ2) is 6.34. The number of pyridine rings is 1. The Morgan fingerprint density at radius 1 is 1.30 bits per heavy atom. The average Bonchev–Trinajstić information content (AvgIpc) is 2.52. The molecule has 0 aliphatic heterocycles. The number of anilines is 1. The van der Waals surface area contributed by atoms with Crippen molar-refractivity contribution in [2.45, 2.75) is 6.54 Å². The van der Waals surface area contributed by atoms with Crippen molar-refractivity contribution in [1.29, 1.82) is 5.26 Å². The first-order valence-corrected chi connectivity index (χ1v) is 6.15. The molecule has 1 amide bonds. The second-order valence-corrected chi connectivity index (χ2v) is 4.15. The van der Waals surface area contributed by atoms with Crippen LogP contribution in [0.4, 0.5) is 5.82 Å². The third kappa shape index (κ3) is 3.33. The van der Waals surface area contributed by atoms with Crippen LogP contribution in [0.5, 0.6) is 0 Å². The monoisotopic (exact) mass is 266 g/mol. The van der Waals surface area contributed by atoms with Gasteiger partial charge in [0.05, 0.1) is 11.6 Å². The number of hydrogen-bond acceptors (Lipinski definition) is 4. The first-order valence-electron chi connectivity index (χ1n) is 6.15. The lowest BCUT2D eigenvalue weighted by molar-refractivity contribution is 0.0946. The van der Waals surface area contributed by atoms with Gasteiger partial charge in [0.1, 0.15) is 11.5 Å². The number of carbonyl (C=O) groups excluding carboxylic acids is 1. The molecule has 2 N–H and O–H groups in total. The molecular weight excluding hydrogens is 252 g/mol. The fourth-order valence-corrected chi connectivity index (χ4v) is 1.72. The van der Waals surface area contributed by atoms with Gasteiger partial charge in [0.2, 0.25) is 0 Å². The van der Waals surface area contributed by atoms with Gasteiger partial charge in [0.25, 0.3) is 5.91 Å². The molecule has 5 heteroatoms. The summed E-state index contributed by atoms with van der Waals surface area (Å²) in [7, 11) is 1.75. The molecule has 0 spiro atoms. The molecule has 0 aliphatic carbocycles. The predicted octanol–water partition coefficient (Wildman–Crippen LogP) is 1.92. The summed E-state index contributed by atoms with van der Waals surface area (Å²) >= 11 is 0. The van der Waals surface area contributed by atoms with Gasteiger partial charge in [0.15, 0.2) is 0 Å². The molecule has 2 aromatic rings. The topological polar surface area (TPSA) is 77.8 Å². The summed E-state index contributed by atoms with van der Waals surface area (Å²) in [5.41, 5.74) is 1.81. The molecule has 100 valence electrons. The lowest BCUT2D eigenvalue weighted by atomic mass is 10.1. The van der Waals surface area contributed by atoms with E-state index in [0.29, 0.717) is 23.6 Å². The summed E-state index contributed by atoms with van der Waals surface area (Å²) in [5, 5.41) is 14.5. The molecule has 0 bridgehead atoms. The van der Waals surface area contributed by atoms with Crippen molar-refractivity contribution in [2.24, 2.45) is 0 Å². The van der Waals surface area contributed by atoms with Gasteiger partial charge in [-0.15, -0.1) is 0 Å². The maximum Gasteiger partial charge on any atom is 0.270 e. The van der Waals surface area contributed by atoms with Crippen molar-refractivity contribution in [3.05, 3.63) is 59.3 Å². The molecule has 20 heavy (non-hydrogen) atoms. The number of amides is 1. The van der Waals surface area contributed by atoms with Gasteiger partial charge >= 0.3 is 0 Å². The average molecular weight is 266 g/mol. The van der Waals surface area contributed by atoms with Crippen molar-refractivity contribution in [1.82, 2.24) is 10.3 Å². The Hall–Kier alpha value is -2.87. The van der Waals surface area contributed by atoms with E-state index >= 15 is 0 Å². The Kier molecular flexibility index (Phi) is 4.30. The second-order valence-electron chi connectivity index (χ2n) is 4.15. The van der Waals surface area contributed by atoms with Crippen LogP contribution in [0.1, 0.15) is 21.6 Å². The molecule has 0 saturated carbocycles. The molecule has 0 unspecified atom stereocenters. The van der Waals surface area contributed by atoms with Crippen molar-refractivity contribution < 1.29 is 4.79 Å². The molecular formula is C15H14N4O. The molecule has 0 saturated heterocycles. The molecule has 0 radical (unpaired) electrons. The van der Waals surface area contributed by atoms with Gasteiger partial charge in [-0.1, -0.05) is 18.2 Å². The number of carbonyl (C=O) groups is 1. The van der Waals surface area contributed by atoms with Gasteiger partial charge in [-0.05, 0) is 29.8 Å². The molecule has 0 aliphatic rings. The van der Waals surface area contributed by atoms with E-state index in [9.17, 15) is 4.79 Å². The van der Waals surface area contributed by atoms with Crippen molar-refractivity contribution in [2.75, 3.05) is 12.4 Å². The van der Waals surface area contributed by atoms with E-state index < -0.39 is 0 Å². The van der Waals surface area contributed by atoms with Crippen LogP contribution in [0.2, 0.25) is 0 Å². The number of rotatable bonds is 4. The highest BCUT2D eigenvalue weighted by Crippen LogP contribution is 2.06. The lowest BCUT2D eigenvalue weighted by Gasteiger charge is -2.06. The highest BCUT2D eigenvalue weighted by atomic mass is 16.1. The van der Waals surface area contributed by atoms with Gasteiger partial charge in [-0.2, -0.15) is 5.26 Å². The highest BCUT2D eigenvalue weighted by molar-refractivity contribution is 5.92. The van der Waals surface area contributed by atoms with E-state index in [1.165, 1.54) is 0 Å². The number of hydrogen-bond donors (Lipinski definition) is 2. The number of aromatic nitrogens is 1. The maximum absolute atomic E-state index is 12.0. The summed E-state index contributed by atoms with van der Waals surface area (Å²) in [4.78, 5) is 16.1. The predicted molar refractivity (Wildman–Crippen MR) is 76.1 cm³/mol. The smallest absolute Gasteiger partial charge is 0.270 e. The van der Waals surface area contributed by atoms with Crippen LogP contribution in [-0.4, -0.2) is 17.9 Å². The summed E-state index contributed by atoms with van der Waals surface area (Å²) in [6.45, 7) is 0.361. The Balaban J connectivity index is 2.03. The van der Waals surface area contributed by atoms with Crippen LogP contribution in [0, 0.1) is 11.3 Å². The summed E-state index contributed by atoms with van der Waals surface area (Å²) < 4.78 is 0. The number of nitrogens with one attached hydrogen (secondary N) is 2. The van der Waals surface area contributed by atoms with E-state index in [2.05, 4.69) is 21.7 Å². The van der Waals surface area contributed by atoms with E-state index in [1.807, 2.05) is 6.07 Å². The lowest BCUT2D eigenvalue weighted by Crippen LogP contribution is -2.24. The number of nitrogens with zero attached hydrogens (tertiary/aromatic N) is 2. The summed E-state index contributed by atoms with van der Waals surface area (Å²) in [6, 6.07) is 14.4. The van der Waals surface area contributed by atoms with Gasteiger partial charge in [0, 0.05) is 13.6 Å². The standard InChI is InChI=1S/C15H14N4O/c1-17-14-7-3-6-13(19-14)15(20)18-10-12-5-2-4-11(8-12)9-16/h2-8H,10H2,1H3,(H,17,19)(H,18,20). The Morgan fingerprint density at radius 2 is 2.10 bits per heavy atom. The van der Waals surface area contributed by atoms with Crippen molar-refractivity contribution >= 4 is 11.7 Å². The van der Waals surface area contributed by atoms with Crippen LogP contribution in [-0.2, 0) is 6.54 Å². The Bertz CT molecular complexity index is 661. The van der Waals surface area contributed by atoms with Crippen LogP contribution in [0.15, 0.2) is 42.5 Å². The molecule has 1 heterocycles.